The molecule has 0 atom stereocenters. The van der Waals surface area contributed by atoms with Gasteiger partial charge in [0, 0.05) is 32.4 Å². The maximum atomic E-state index is 12.1. The molecule has 1 aliphatic rings. The van der Waals surface area contributed by atoms with Crippen LogP contribution in [0.4, 0.5) is 11.4 Å². The number of hydrogen-bond acceptors (Lipinski definition) is 6. The highest BCUT2D eigenvalue weighted by molar-refractivity contribution is 6.02. The number of hydrogen-bond donors (Lipinski definition) is 4. The van der Waals surface area contributed by atoms with Gasteiger partial charge in [0.1, 0.15) is 28.8 Å². The predicted octanol–water partition coefficient (Wildman–Crippen LogP) is 4.73. The van der Waals surface area contributed by atoms with E-state index in [2.05, 4.69) is 15.6 Å². The number of carbonyl (C=O) groups is 1. The summed E-state index contributed by atoms with van der Waals surface area (Å²) in [6.07, 6.45) is 4.43. The monoisotopic (exact) mass is 533 g/mol. The van der Waals surface area contributed by atoms with Crippen LogP contribution in [0, 0.1) is 12.8 Å². The number of rotatable bonds is 13. The minimum Gasteiger partial charge on any atom is -0.493 e. The van der Waals surface area contributed by atoms with Gasteiger partial charge in [-0.3, -0.25) is 4.79 Å². The molecule has 0 unspecified atom stereocenters. The molecule has 0 saturated heterocycles. The largest absolute Gasteiger partial charge is 0.493 e. The van der Waals surface area contributed by atoms with E-state index in [-0.39, 0.29) is 12.3 Å². The maximum Gasteiger partial charge on any atom is 0.222 e. The number of carbonyl (C=O) groups excluding carboxylic acids is 1. The average molecular weight is 534 g/mol. The number of amidine groups is 1. The number of ether oxygens (including phenoxy) is 2. The number of aliphatic imine (C=N–C) groups is 1. The SMILES string of the molecule is CNc1ccn(CCNC(=O)CC(C)(C)O)c1C(N)=Nc1ccc(Oc2cccc(OCC3CC3)c2)c(C)c1. The number of nitrogens with zero attached hydrogens (tertiary/aromatic N) is 2. The van der Waals surface area contributed by atoms with E-state index in [0.717, 1.165) is 35.1 Å². The number of nitrogens with two attached hydrogens (primary N) is 1. The molecule has 3 aromatic rings. The van der Waals surface area contributed by atoms with Crippen LogP contribution in [0.25, 0.3) is 0 Å². The highest BCUT2D eigenvalue weighted by Crippen LogP contribution is 2.32. The van der Waals surface area contributed by atoms with Crippen molar-refractivity contribution in [3.8, 4) is 17.2 Å². The number of aromatic nitrogens is 1. The second kappa shape index (κ2) is 12.3. The van der Waals surface area contributed by atoms with E-state index < -0.39 is 5.60 Å². The van der Waals surface area contributed by atoms with Crippen molar-refractivity contribution < 1.29 is 19.4 Å². The van der Waals surface area contributed by atoms with Crippen LogP contribution < -0.4 is 25.8 Å². The van der Waals surface area contributed by atoms with Gasteiger partial charge in [-0.05, 0) is 81.5 Å². The number of amides is 1. The van der Waals surface area contributed by atoms with Crippen molar-refractivity contribution in [2.24, 2.45) is 16.6 Å². The smallest absolute Gasteiger partial charge is 0.222 e. The average Bonchev–Trinajstić information content (AvgIpc) is 3.61. The van der Waals surface area contributed by atoms with E-state index in [1.165, 1.54) is 12.8 Å². The first kappa shape index (κ1) is 28.0. The number of benzene rings is 2. The van der Waals surface area contributed by atoms with E-state index in [9.17, 15) is 9.90 Å². The molecule has 0 spiro atoms. The Labute approximate surface area is 230 Å². The minimum atomic E-state index is -1.05. The Morgan fingerprint density at radius 3 is 2.64 bits per heavy atom. The second-order valence-electron chi connectivity index (χ2n) is 10.6. The lowest BCUT2D eigenvalue weighted by molar-refractivity contribution is -0.124. The summed E-state index contributed by atoms with van der Waals surface area (Å²) >= 11 is 0. The summed E-state index contributed by atoms with van der Waals surface area (Å²) in [6, 6.07) is 15.3. The van der Waals surface area contributed by atoms with Crippen LogP contribution in [0.3, 0.4) is 0 Å². The Balaban J connectivity index is 1.43. The van der Waals surface area contributed by atoms with Crippen LogP contribution in [-0.4, -0.2) is 47.2 Å². The summed E-state index contributed by atoms with van der Waals surface area (Å²) in [5, 5.41) is 15.8. The fourth-order valence-corrected chi connectivity index (χ4v) is 4.18. The van der Waals surface area contributed by atoms with E-state index in [4.69, 9.17) is 15.2 Å². The summed E-state index contributed by atoms with van der Waals surface area (Å²) in [4.78, 5) is 16.7. The standard InChI is InChI=1S/C30H39N5O4/c1-20-16-22(10-11-26(20)39-24-7-5-6-23(17-24)38-19-21-8-9-21)34-29(31)28-25(32-4)12-14-35(28)15-13-33-27(36)18-30(2,3)37/h5-7,10-12,14,16-17,21,32,37H,8-9,13,15,18-19H2,1-4H3,(H2,31,34)(H,33,36). The zero-order valence-corrected chi connectivity index (χ0v) is 23.2. The first-order valence-electron chi connectivity index (χ1n) is 13.3. The van der Waals surface area contributed by atoms with Crippen molar-refractivity contribution in [3.05, 3.63) is 66.0 Å². The van der Waals surface area contributed by atoms with Gasteiger partial charge < -0.3 is 35.5 Å². The van der Waals surface area contributed by atoms with Gasteiger partial charge in [-0.1, -0.05) is 6.07 Å². The molecule has 0 bridgehead atoms. The van der Waals surface area contributed by atoms with E-state index in [1.807, 2.05) is 73.3 Å². The molecule has 1 heterocycles. The predicted molar refractivity (Wildman–Crippen MR) is 154 cm³/mol. The topological polar surface area (TPSA) is 123 Å². The number of aliphatic hydroxyl groups is 1. The van der Waals surface area contributed by atoms with Gasteiger partial charge in [-0.15, -0.1) is 0 Å². The van der Waals surface area contributed by atoms with Gasteiger partial charge in [-0.25, -0.2) is 4.99 Å². The second-order valence-corrected chi connectivity index (χ2v) is 10.6. The van der Waals surface area contributed by atoms with Crippen molar-refractivity contribution in [2.75, 3.05) is 25.5 Å². The van der Waals surface area contributed by atoms with Gasteiger partial charge in [0.2, 0.25) is 5.91 Å². The van der Waals surface area contributed by atoms with Crippen molar-refractivity contribution in [1.82, 2.24) is 9.88 Å². The highest BCUT2D eigenvalue weighted by Gasteiger charge is 2.22. The van der Waals surface area contributed by atoms with Crippen molar-refractivity contribution >= 4 is 23.1 Å². The molecule has 9 heteroatoms. The molecule has 1 fully saturated rings. The van der Waals surface area contributed by atoms with Gasteiger partial charge >= 0.3 is 0 Å². The van der Waals surface area contributed by atoms with Gasteiger partial charge in [0.05, 0.1) is 30.0 Å². The first-order valence-corrected chi connectivity index (χ1v) is 13.3. The Morgan fingerprint density at radius 1 is 1.18 bits per heavy atom. The number of aryl methyl sites for hydroxylation is 1. The van der Waals surface area contributed by atoms with Gasteiger partial charge in [0.15, 0.2) is 0 Å². The molecule has 1 aromatic heterocycles. The zero-order chi connectivity index (χ0) is 28.0. The third kappa shape index (κ3) is 8.25. The lowest BCUT2D eigenvalue weighted by atomic mass is 10.1. The number of nitrogens with one attached hydrogen (secondary N) is 2. The number of anilines is 1. The molecule has 0 aliphatic heterocycles. The van der Waals surface area contributed by atoms with Crippen LogP contribution in [0.5, 0.6) is 17.2 Å². The molecule has 1 amide bonds. The fraction of sp³-hybridized carbons (Fsp3) is 0.400. The van der Waals surface area contributed by atoms with Gasteiger partial charge in [-0.2, -0.15) is 0 Å². The molecule has 2 aromatic carbocycles. The molecule has 5 N–H and O–H groups in total. The summed E-state index contributed by atoms with van der Waals surface area (Å²) in [5.74, 6) is 3.09. The van der Waals surface area contributed by atoms with Crippen molar-refractivity contribution in [1.29, 1.82) is 0 Å². The van der Waals surface area contributed by atoms with Crippen LogP contribution in [0.15, 0.2) is 59.7 Å². The zero-order valence-electron chi connectivity index (χ0n) is 23.2. The molecule has 1 saturated carbocycles. The third-order valence-electron chi connectivity index (χ3n) is 6.37. The molecule has 208 valence electrons. The minimum absolute atomic E-state index is 0.0373. The Bertz CT molecular complexity index is 1320. The van der Waals surface area contributed by atoms with Crippen LogP contribution in [0.2, 0.25) is 0 Å². The maximum absolute atomic E-state index is 12.1. The van der Waals surface area contributed by atoms with Crippen LogP contribution in [0.1, 0.15) is 44.4 Å². The molecular formula is C30H39N5O4. The fourth-order valence-electron chi connectivity index (χ4n) is 4.18. The summed E-state index contributed by atoms with van der Waals surface area (Å²) in [6.45, 7) is 6.83. The first-order chi connectivity index (χ1) is 18.6. The normalized spacial score (nSPS) is 13.7. The Kier molecular flexibility index (Phi) is 8.81. The summed E-state index contributed by atoms with van der Waals surface area (Å²) < 4.78 is 13.9. The Hall–Kier alpha value is -3.98. The van der Waals surface area contributed by atoms with Crippen molar-refractivity contribution in [2.45, 2.75) is 52.2 Å². The molecule has 0 radical (unpaired) electrons. The lowest BCUT2D eigenvalue weighted by Gasteiger charge is -2.17. The third-order valence-corrected chi connectivity index (χ3v) is 6.37. The van der Waals surface area contributed by atoms with E-state index in [1.54, 1.807) is 13.8 Å². The molecule has 4 rings (SSSR count). The Morgan fingerprint density at radius 2 is 1.95 bits per heavy atom. The van der Waals surface area contributed by atoms with E-state index in [0.29, 0.717) is 36.3 Å². The molecule has 9 nitrogen and oxygen atoms in total. The van der Waals surface area contributed by atoms with Crippen LogP contribution in [-0.2, 0) is 11.3 Å². The van der Waals surface area contributed by atoms with Gasteiger partial charge in [0.25, 0.3) is 0 Å². The quantitative estimate of drug-likeness (QED) is 0.186. The van der Waals surface area contributed by atoms with Crippen molar-refractivity contribution in [3.63, 3.8) is 0 Å². The lowest BCUT2D eigenvalue weighted by Crippen LogP contribution is -2.34. The molecule has 1 aliphatic carbocycles. The van der Waals surface area contributed by atoms with E-state index >= 15 is 0 Å². The molecular weight excluding hydrogens is 494 g/mol. The van der Waals surface area contributed by atoms with Crippen LogP contribution >= 0.6 is 0 Å². The summed E-state index contributed by atoms with van der Waals surface area (Å²) in [5.41, 5.74) is 8.61. The summed E-state index contributed by atoms with van der Waals surface area (Å²) in [7, 11) is 1.82. The molecule has 39 heavy (non-hydrogen) atoms. The highest BCUT2D eigenvalue weighted by atomic mass is 16.5.